The Morgan fingerprint density at radius 3 is 2.39 bits per heavy atom. The van der Waals surface area contributed by atoms with Crippen molar-refractivity contribution >= 4 is 5.97 Å². The Bertz CT molecular complexity index is 551. The van der Waals surface area contributed by atoms with Gasteiger partial charge in [0.15, 0.2) is 0 Å². The molecule has 0 aromatic carbocycles. The van der Waals surface area contributed by atoms with Crippen molar-refractivity contribution in [3.63, 3.8) is 0 Å². The molecule has 0 bridgehead atoms. The molecule has 0 radical (unpaired) electrons. The summed E-state index contributed by atoms with van der Waals surface area (Å²) in [6.45, 7) is 1.87. The van der Waals surface area contributed by atoms with Gasteiger partial charge >= 0.3 is 5.97 Å². The third-order valence-electron chi connectivity index (χ3n) is 4.50. The van der Waals surface area contributed by atoms with E-state index in [9.17, 15) is 20.1 Å². The number of hydrogen-bond donors (Lipinski definition) is 4. The number of aliphatic carboxylic acids is 1. The number of aliphatic hydroxyl groups excluding tert-OH is 3. The van der Waals surface area contributed by atoms with E-state index in [2.05, 4.69) is 0 Å². The zero-order chi connectivity index (χ0) is 20.8. The molecule has 1 aliphatic heterocycles. The van der Waals surface area contributed by atoms with Crippen molar-refractivity contribution < 1.29 is 30.0 Å². The van der Waals surface area contributed by atoms with Crippen molar-refractivity contribution in [1.82, 2.24) is 0 Å². The fourth-order valence-corrected chi connectivity index (χ4v) is 2.77. The van der Waals surface area contributed by atoms with Crippen LogP contribution >= 0.6 is 0 Å². The van der Waals surface area contributed by atoms with Crippen LogP contribution in [-0.4, -0.2) is 56.9 Å². The molecule has 6 nitrogen and oxygen atoms in total. The van der Waals surface area contributed by atoms with E-state index >= 15 is 0 Å². The van der Waals surface area contributed by atoms with Crippen LogP contribution in [0.3, 0.4) is 0 Å². The molecule has 0 unspecified atom stereocenters. The van der Waals surface area contributed by atoms with Crippen molar-refractivity contribution in [3.05, 3.63) is 48.6 Å². The van der Waals surface area contributed by atoms with Gasteiger partial charge in [-0.25, -0.2) is 0 Å². The molecule has 28 heavy (non-hydrogen) atoms. The van der Waals surface area contributed by atoms with Gasteiger partial charge < -0.3 is 25.2 Å². The van der Waals surface area contributed by atoms with Crippen LogP contribution in [-0.2, 0) is 9.53 Å². The van der Waals surface area contributed by atoms with E-state index in [-0.39, 0.29) is 6.42 Å². The molecule has 1 heterocycles. The van der Waals surface area contributed by atoms with Gasteiger partial charge in [-0.2, -0.15) is 0 Å². The van der Waals surface area contributed by atoms with Crippen LogP contribution in [0.4, 0.5) is 0 Å². The van der Waals surface area contributed by atoms with E-state index in [1.807, 2.05) is 43.4 Å². The van der Waals surface area contributed by atoms with Gasteiger partial charge in [0.25, 0.3) is 0 Å². The number of carboxylic acid groups (broad SMARTS) is 1. The normalized spacial score (nSPS) is 25.5. The molecule has 0 aromatic heterocycles. The summed E-state index contributed by atoms with van der Waals surface area (Å²) in [5.74, 6) is -0.785. The molecule has 0 saturated carbocycles. The highest BCUT2D eigenvalue weighted by Crippen LogP contribution is 2.25. The van der Waals surface area contributed by atoms with Crippen LogP contribution in [0, 0.1) is 0 Å². The largest absolute Gasteiger partial charge is 0.481 e. The van der Waals surface area contributed by atoms with Gasteiger partial charge in [0, 0.05) is 12.8 Å². The molecule has 0 amide bonds. The second kappa shape index (κ2) is 14.3. The zero-order valence-electron chi connectivity index (χ0n) is 16.6. The molecule has 0 aromatic rings. The Balaban J connectivity index is 2.22. The first-order chi connectivity index (χ1) is 13.4. The predicted molar refractivity (Wildman–Crippen MR) is 109 cm³/mol. The zero-order valence-corrected chi connectivity index (χ0v) is 16.6. The summed E-state index contributed by atoms with van der Waals surface area (Å²) < 4.78 is 5.70. The maximum absolute atomic E-state index is 10.4. The van der Waals surface area contributed by atoms with Gasteiger partial charge in [-0.1, -0.05) is 55.5 Å². The minimum Gasteiger partial charge on any atom is -0.481 e. The van der Waals surface area contributed by atoms with E-state index in [0.29, 0.717) is 25.7 Å². The molecule has 1 rings (SSSR count). The average molecular weight is 395 g/mol. The maximum Gasteiger partial charge on any atom is 0.303 e. The Kier molecular flexibility index (Phi) is 12.4. The lowest BCUT2D eigenvalue weighted by atomic mass is 10.0. The molecular formula is C22H34O6. The van der Waals surface area contributed by atoms with Crippen molar-refractivity contribution in [2.45, 2.75) is 82.4 Å². The lowest BCUT2D eigenvalue weighted by molar-refractivity contribution is -0.136. The first-order valence-electron chi connectivity index (χ1n) is 9.98. The maximum atomic E-state index is 10.4. The first-order valence-corrected chi connectivity index (χ1v) is 9.98. The Morgan fingerprint density at radius 1 is 1.11 bits per heavy atom. The summed E-state index contributed by atoms with van der Waals surface area (Å²) in [5, 5.41) is 38.3. The van der Waals surface area contributed by atoms with Crippen molar-refractivity contribution in [2.75, 3.05) is 0 Å². The molecule has 0 spiro atoms. The number of ether oxygens (including phenoxy) is 1. The molecule has 6 heteroatoms. The molecule has 4 N–H and O–H groups in total. The molecule has 1 saturated heterocycles. The van der Waals surface area contributed by atoms with E-state index in [0.717, 1.165) is 12.8 Å². The molecule has 1 aliphatic rings. The van der Waals surface area contributed by atoms with E-state index < -0.39 is 36.5 Å². The average Bonchev–Trinajstić information content (AvgIpc) is 3.04. The first kappa shape index (κ1) is 24.3. The van der Waals surface area contributed by atoms with Gasteiger partial charge in [-0.3, -0.25) is 4.79 Å². The Labute approximate surface area is 167 Å². The summed E-state index contributed by atoms with van der Waals surface area (Å²) in [7, 11) is 0. The summed E-state index contributed by atoms with van der Waals surface area (Å²) in [6, 6.07) is 0. The number of carbonyl (C=O) groups is 1. The van der Waals surface area contributed by atoms with Gasteiger partial charge in [0.05, 0.1) is 24.4 Å². The standard InChI is InChI=1S/C22H34O6/c1-2-17(23)14-15-20-19(25)16-21(28-20)18(24)12-10-8-6-4-3-5-7-9-11-13-22(26)27/h3-4,7-10,14-15,17-21,23-25H,2,5-6,11-13,16H2,1H3,(H,26,27)/b4-3-,9-7-,10-8-,15-14+/t17-,18-,19+,20-,21-/m0/s1. The van der Waals surface area contributed by atoms with E-state index in [4.69, 9.17) is 9.84 Å². The SMILES string of the molecule is CC[C@H](O)/C=C/[C@@H]1O[C@H]([C@@H](O)C/C=C\C/C=C\C/C=C\CCC(=O)O)C[C@H]1O. The van der Waals surface area contributed by atoms with E-state index in [1.165, 1.54) is 0 Å². The van der Waals surface area contributed by atoms with Gasteiger partial charge in [0.1, 0.15) is 6.10 Å². The van der Waals surface area contributed by atoms with Gasteiger partial charge in [0.2, 0.25) is 0 Å². The number of carboxylic acids is 1. The number of rotatable bonds is 13. The highest BCUT2D eigenvalue weighted by molar-refractivity contribution is 5.66. The van der Waals surface area contributed by atoms with Crippen LogP contribution < -0.4 is 0 Å². The van der Waals surface area contributed by atoms with Crippen LogP contribution in [0.2, 0.25) is 0 Å². The second-order valence-electron chi connectivity index (χ2n) is 6.92. The van der Waals surface area contributed by atoms with Crippen molar-refractivity contribution in [1.29, 1.82) is 0 Å². The number of allylic oxidation sites excluding steroid dienone is 5. The van der Waals surface area contributed by atoms with Crippen LogP contribution in [0.15, 0.2) is 48.6 Å². The van der Waals surface area contributed by atoms with Gasteiger partial charge in [-0.15, -0.1) is 0 Å². The van der Waals surface area contributed by atoms with Crippen molar-refractivity contribution in [2.24, 2.45) is 0 Å². The topological polar surface area (TPSA) is 107 Å². The van der Waals surface area contributed by atoms with E-state index in [1.54, 1.807) is 12.2 Å². The minimum absolute atomic E-state index is 0.157. The molecule has 1 fully saturated rings. The quantitative estimate of drug-likeness (QED) is 0.358. The Hall–Kier alpha value is -1.73. The summed E-state index contributed by atoms with van der Waals surface area (Å²) >= 11 is 0. The third kappa shape index (κ3) is 10.6. The fourth-order valence-electron chi connectivity index (χ4n) is 2.77. The molecule has 158 valence electrons. The second-order valence-corrected chi connectivity index (χ2v) is 6.92. The van der Waals surface area contributed by atoms with Crippen LogP contribution in [0.1, 0.15) is 51.9 Å². The minimum atomic E-state index is -0.785. The van der Waals surface area contributed by atoms with Crippen LogP contribution in [0.5, 0.6) is 0 Å². The molecule has 5 atom stereocenters. The number of hydrogen-bond acceptors (Lipinski definition) is 5. The summed E-state index contributed by atoms with van der Waals surface area (Å²) in [6.07, 6.45) is 15.9. The summed E-state index contributed by atoms with van der Waals surface area (Å²) in [4.78, 5) is 10.4. The fraction of sp³-hybridized carbons (Fsp3) is 0.591. The molecular weight excluding hydrogens is 360 g/mol. The smallest absolute Gasteiger partial charge is 0.303 e. The lowest BCUT2D eigenvalue weighted by Crippen LogP contribution is -2.25. The highest BCUT2D eigenvalue weighted by Gasteiger charge is 2.35. The predicted octanol–water partition coefficient (Wildman–Crippen LogP) is 2.90. The Morgan fingerprint density at radius 2 is 1.75 bits per heavy atom. The van der Waals surface area contributed by atoms with Crippen LogP contribution in [0.25, 0.3) is 0 Å². The highest BCUT2D eigenvalue weighted by atomic mass is 16.5. The lowest BCUT2D eigenvalue weighted by Gasteiger charge is -2.16. The third-order valence-corrected chi connectivity index (χ3v) is 4.50. The monoisotopic (exact) mass is 394 g/mol. The van der Waals surface area contributed by atoms with Crippen molar-refractivity contribution in [3.8, 4) is 0 Å². The molecule has 0 aliphatic carbocycles. The summed E-state index contributed by atoms with van der Waals surface area (Å²) in [5.41, 5.74) is 0. The number of aliphatic hydroxyl groups is 3. The van der Waals surface area contributed by atoms with Gasteiger partial charge in [-0.05, 0) is 32.1 Å².